The van der Waals surface area contributed by atoms with Crippen molar-refractivity contribution in [1.82, 2.24) is 4.90 Å². The Balaban J connectivity index is 1.81. The normalized spacial score (nSPS) is 23.6. The van der Waals surface area contributed by atoms with Crippen LogP contribution >= 0.6 is 15.9 Å². The minimum Gasteiger partial charge on any atom is -0.377 e. The average Bonchev–Trinajstić information content (AvgIpc) is 3.10. The molecule has 2 aliphatic rings. The number of amides is 1. The number of fused-ring (bicyclic) bond motifs is 3. The molecule has 2 aromatic carbocycles. The number of rotatable bonds is 2. The monoisotopic (exact) mass is 396 g/mol. The van der Waals surface area contributed by atoms with Crippen LogP contribution < -0.4 is 5.32 Å². The molecule has 0 bridgehead atoms. The Morgan fingerprint density at radius 2 is 1.92 bits per heavy atom. The van der Waals surface area contributed by atoms with E-state index in [0.29, 0.717) is 11.8 Å². The second-order valence-electron chi connectivity index (χ2n) is 7.00. The van der Waals surface area contributed by atoms with Crippen molar-refractivity contribution in [3.63, 3.8) is 0 Å². The number of anilines is 1. The van der Waals surface area contributed by atoms with Crippen molar-refractivity contribution in [2.45, 2.75) is 18.4 Å². The maximum atomic E-state index is 12.7. The van der Waals surface area contributed by atoms with E-state index in [4.69, 9.17) is 0 Å². The van der Waals surface area contributed by atoms with Crippen LogP contribution in [0.5, 0.6) is 0 Å². The van der Waals surface area contributed by atoms with Gasteiger partial charge in [0.1, 0.15) is 0 Å². The lowest BCUT2D eigenvalue weighted by Gasteiger charge is -2.38. The fourth-order valence-electron chi connectivity index (χ4n) is 4.04. The molecule has 25 heavy (non-hydrogen) atoms. The molecule has 1 aliphatic heterocycles. The maximum Gasteiger partial charge on any atom is 0.255 e. The van der Waals surface area contributed by atoms with Gasteiger partial charge in [-0.25, -0.2) is 0 Å². The Bertz CT molecular complexity index is 841. The van der Waals surface area contributed by atoms with Gasteiger partial charge in [-0.15, -0.1) is 0 Å². The first-order chi connectivity index (χ1) is 12.1. The largest absolute Gasteiger partial charge is 0.377 e. The molecule has 0 spiro atoms. The van der Waals surface area contributed by atoms with Gasteiger partial charge in [-0.3, -0.25) is 4.79 Å². The van der Waals surface area contributed by atoms with E-state index >= 15 is 0 Å². The minimum absolute atomic E-state index is 0.0410. The van der Waals surface area contributed by atoms with Gasteiger partial charge < -0.3 is 10.2 Å². The summed E-state index contributed by atoms with van der Waals surface area (Å²) in [5, 5.41) is 3.71. The zero-order valence-electron chi connectivity index (χ0n) is 14.4. The van der Waals surface area contributed by atoms with Gasteiger partial charge in [0.2, 0.25) is 0 Å². The van der Waals surface area contributed by atoms with Crippen molar-refractivity contribution in [3.05, 3.63) is 75.8 Å². The molecule has 0 aromatic heterocycles. The van der Waals surface area contributed by atoms with E-state index in [1.54, 1.807) is 19.0 Å². The number of hydrogen-bond donors (Lipinski definition) is 1. The van der Waals surface area contributed by atoms with Crippen LogP contribution in [-0.2, 0) is 0 Å². The molecule has 1 N–H and O–H groups in total. The molecule has 3 nitrogen and oxygen atoms in total. The zero-order chi connectivity index (χ0) is 17.6. The van der Waals surface area contributed by atoms with E-state index in [2.05, 4.69) is 63.7 Å². The highest BCUT2D eigenvalue weighted by Crippen LogP contribution is 2.50. The van der Waals surface area contributed by atoms with Crippen molar-refractivity contribution < 1.29 is 4.79 Å². The number of carbonyl (C=O) groups excluding carboxylic acids is 1. The molecule has 0 saturated heterocycles. The number of nitrogens with zero attached hydrogens (tertiary/aromatic N) is 1. The molecule has 0 fully saturated rings. The molecular formula is C21H21BrN2O. The predicted octanol–water partition coefficient (Wildman–Crippen LogP) is 4.98. The smallest absolute Gasteiger partial charge is 0.255 e. The summed E-state index contributed by atoms with van der Waals surface area (Å²) in [4.78, 5) is 14.3. The van der Waals surface area contributed by atoms with E-state index in [-0.39, 0.29) is 11.9 Å². The van der Waals surface area contributed by atoms with Gasteiger partial charge in [-0.2, -0.15) is 0 Å². The number of carbonyl (C=O) groups is 1. The van der Waals surface area contributed by atoms with Gasteiger partial charge in [0.25, 0.3) is 5.91 Å². The molecule has 3 atom stereocenters. The lowest BCUT2D eigenvalue weighted by Crippen LogP contribution is -2.31. The van der Waals surface area contributed by atoms with E-state index in [9.17, 15) is 4.79 Å². The number of hydrogen-bond acceptors (Lipinski definition) is 2. The van der Waals surface area contributed by atoms with Crippen LogP contribution in [0.3, 0.4) is 0 Å². The van der Waals surface area contributed by atoms with Crippen molar-refractivity contribution in [1.29, 1.82) is 0 Å². The Morgan fingerprint density at radius 1 is 1.16 bits per heavy atom. The zero-order valence-corrected chi connectivity index (χ0v) is 16.0. The number of nitrogens with one attached hydrogen (secondary N) is 1. The van der Waals surface area contributed by atoms with Crippen LogP contribution in [0.1, 0.15) is 39.9 Å². The molecule has 0 unspecified atom stereocenters. The summed E-state index contributed by atoms with van der Waals surface area (Å²) in [5.41, 5.74) is 4.24. The minimum atomic E-state index is 0.0410. The number of halogens is 1. The maximum absolute atomic E-state index is 12.7. The molecule has 1 heterocycles. The van der Waals surface area contributed by atoms with E-state index in [1.165, 1.54) is 11.1 Å². The summed E-state index contributed by atoms with van der Waals surface area (Å²) < 4.78 is 1.08. The van der Waals surface area contributed by atoms with E-state index in [0.717, 1.165) is 22.1 Å². The molecule has 4 heteroatoms. The molecular weight excluding hydrogens is 376 g/mol. The van der Waals surface area contributed by atoms with E-state index in [1.807, 2.05) is 12.1 Å². The SMILES string of the molecule is CN(C)C(=O)c1cccc2c1N[C@@H](c1ccc(Br)cc1)[C@H]1CC=C[C@H]21. The van der Waals surface area contributed by atoms with Gasteiger partial charge in [0, 0.05) is 24.5 Å². The number of para-hydroxylation sites is 1. The highest BCUT2D eigenvalue weighted by Gasteiger charge is 2.39. The Labute approximate surface area is 156 Å². The van der Waals surface area contributed by atoms with Crippen LogP contribution in [0.15, 0.2) is 59.1 Å². The van der Waals surface area contributed by atoms with Gasteiger partial charge in [-0.05, 0) is 41.7 Å². The predicted molar refractivity (Wildman–Crippen MR) is 105 cm³/mol. The Kier molecular flexibility index (Phi) is 4.16. The summed E-state index contributed by atoms with van der Waals surface area (Å²) in [6, 6.07) is 14.8. The molecule has 2 aromatic rings. The molecule has 0 radical (unpaired) electrons. The van der Waals surface area contributed by atoms with Gasteiger partial charge >= 0.3 is 0 Å². The van der Waals surface area contributed by atoms with Crippen LogP contribution in [0.2, 0.25) is 0 Å². The van der Waals surface area contributed by atoms with Crippen molar-refractivity contribution in [2.24, 2.45) is 5.92 Å². The Morgan fingerprint density at radius 3 is 2.64 bits per heavy atom. The van der Waals surface area contributed by atoms with Crippen LogP contribution in [0.4, 0.5) is 5.69 Å². The topological polar surface area (TPSA) is 32.3 Å². The summed E-state index contributed by atoms with van der Waals surface area (Å²) in [7, 11) is 3.60. The van der Waals surface area contributed by atoms with Crippen LogP contribution in [-0.4, -0.2) is 24.9 Å². The summed E-state index contributed by atoms with van der Waals surface area (Å²) >= 11 is 3.52. The first-order valence-electron chi connectivity index (χ1n) is 8.59. The second kappa shape index (κ2) is 6.34. The molecule has 0 saturated carbocycles. The average molecular weight is 397 g/mol. The fourth-order valence-corrected chi connectivity index (χ4v) is 4.31. The Hall–Kier alpha value is -2.07. The summed E-state index contributed by atoms with van der Waals surface area (Å²) in [6.07, 6.45) is 5.64. The highest BCUT2D eigenvalue weighted by atomic mass is 79.9. The summed E-state index contributed by atoms with van der Waals surface area (Å²) in [5.74, 6) is 0.887. The van der Waals surface area contributed by atoms with Crippen LogP contribution in [0, 0.1) is 5.92 Å². The lowest BCUT2D eigenvalue weighted by atomic mass is 9.76. The first kappa shape index (κ1) is 16.4. The number of benzene rings is 2. The van der Waals surface area contributed by atoms with Crippen molar-refractivity contribution >= 4 is 27.5 Å². The summed E-state index contributed by atoms with van der Waals surface area (Å²) in [6.45, 7) is 0. The second-order valence-corrected chi connectivity index (χ2v) is 7.91. The number of allylic oxidation sites excluding steroid dienone is 2. The third-order valence-corrected chi connectivity index (χ3v) is 5.79. The molecule has 128 valence electrons. The fraction of sp³-hybridized carbons (Fsp3) is 0.286. The lowest BCUT2D eigenvalue weighted by molar-refractivity contribution is 0.0828. The first-order valence-corrected chi connectivity index (χ1v) is 9.39. The van der Waals surface area contributed by atoms with Crippen molar-refractivity contribution in [2.75, 3.05) is 19.4 Å². The molecule has 4 rings (SSSR count). The van der Waals surface area contributed by atoms with Crippen LogP contribution in [0.25, 0.3) is 0 Å². The van der Waals surface area contributed by atoms with E-state index < -0.39 is 0 Å². The van der Waals surface area contributed by atoms with Gasteiger partial charge in [0.05, 0.1) is 17.3 Å². The standard InChI is InChI=1S/C21H21BrN2O/c1-24(2)21(25)18-8-4-7-17-15-5-3-6-16(15)19(23-20(17)18)13-9-11-14(22)12-10-13/h3-5,7-12,15-16,19,23H,6H2,1-2H3/t15-,16-,19-/m0/s1. The molecule has 1 aliphatic carbocycles. The third-order valence-electron chi connectivity index (χ3n) is 5.26. The quantitative estimate of drug-likeness (QED) is 0.726. The third kappa shape index (κ3) is 2.78. The van der Waals surface area contributed by atoms with Gasteiger partial charge in [-0.1, -0.05) is 52.3 Å². The van der Waals surface area contributed by atoms with Crippen molar-refractivity contribution in [3.8, 4) is 0 Å². The van der Waals surface area contributed by atoms with Gasteiger partial charge in [0.15, 0.2) is 0 Å². The molecule has 1 amide bonds. The highest BCUT2D eigenvalue weighted by molar-refractivity contribution is 9.10.